The Hall–Kier alpha value is -3.90. The molecule has 5 aromatic rings. The third-order valence-corrected chi connectivity index (χ3v) is 11.2. The minimum atomic E-state index is 0.275. The summed E-state index contributed by atoms with van der Waals surface area (Å²) in [6.45, 7) is 4.59. The predicted molar refractivity (Wildman–Crippen MR) is 206 cm³/mol. The van der Waals surface area contributed by atoms with Crippen molar-refractivity contribution in [3.05, 3.63) is 154 Å². The van der Waals surface area contributed by atoms with Crippen LogP contribution >= 0.6 is 0 Å². The Morgan fingerprint density at radius 1 is 0.354 bits per heavy atom. The predicted octanol–water partition coefficient (Wildman–Crippen LogP) is 13.8. The van der Waals surface area contributed by atoms with Crippen molar-refractivity contribution in [2.24, 2.45) is 0 Å². The fourth-order valence-electron chi connectivity index (χ4n) is 8.59. The van der Waals surface area contributed by atoms with Crippen molar-refractivity contribution in [2.75, 3.05) is 0 Å². The largest absolute Gasteiger partial charge is 0.0654 e. The van der Waals surface area contributed by atoms with Crippen molar-refractivity contribution in [3.8, 4) is 22.3 Å². The molecule has 0 bridgehead atoms. The minimum Gasteiger partial charge on any atom is -0.0654 e. The van der Waals surface area contributed by atoms with E-state index in [9.17, 15) is 0 Å². The Kier molecular flexibility index (Phi) is 10.6. The first-order chi connectivity index (χ1) is 23.8. The quantitative estimate of drug-likeness (QED) is 0.0932. The van der Waals surface area contributed by atoms with Gasteiger partial charge in [0, 0.05) is 11.8 Å². The number of hydrogen-bond donors (Lipinski definition) is 0. The first-order valence-corrected chi connectivity index (χ1v) is 19.3. The summed E-state index contributed by atoms with van der Waals surface area (Å²) in [7, 11) is 0. The van der Waals surface area contributed by atoms with E-state index in [-0.39, 0.29) is 11.8 Å². The Labute approximate surface area is 290 Å². The van der Waals surface area contributed by atoms with Gasteiger partial charge in [0.25, 0.3) is 0 Å². The second kappa shape index (κ2) is 15.5. The van der Waals surface area contributed by atoms with E-state index < -0.39 is 0 Å². The van der Waals surface area contributed by atoms with Gasteiger partial charge in [-0.1, -0.05) is 175 Å². The lowest BCUT2D eigenvalue weighted by molar-refractivity contribution is 0.607. The highest BCUT2D eigenvalue weighted by Gasteiger charge is 2.36. The number of fused-ring (bicyclic) bond motifs is 6. The summed E-state index contributed by atoms with van der Waals surface area (Å²) in [6.07, 6.45) is 18.6. The fraction of sp³-hybridized carbons (Fsp3) is 0.375. The van der Waals surface area contributed by atoms with Gasteiger partial charge >= 0.3 is 0 Å². The molecule has 2 unspecified atom stereocenters. The van der Waals surface area contributed by atoms with Gasteiger partial charge in [0.05, 0.1) is 0 Å². The maximum atomic E-state index is 2.56. The number of benzene rings is 5. The van der Waals surface area contributed by atoms with Gasteiger partial charge in [0.2, 0.25) is 0 Å². The van der Waals surface area contributed by atoms with Crippen LogP contribution < -0.4 is 0 Å². The van der Waals surface area contributed by atoms with Gasteiger partial charge in [0.1, 0.15) is 0 Å². The van der Waals surface area contributed by atoms with E-state index in [1.807, 2.05) is 0 Å². The maximum absolute atomic E-state index is 2.56. The van der Waals surface area contributed by atoms with Gasteiger partial charge in [-0.15, -0.1) is 0 Å². The molecule has 2 aliphatic rings. The molecule has 0 heteroatoms. The van der Waals surface area contributed by atoms with E-state index in [1.54, 1.807) is 0 Å². The zero-order valence-electron chi connectivity index (χ0n) is 29.4. The Balaban J connectivity index is 1.16. The summed E-state index contributed by atoms with van der Waals surface area (Å²) in [5.74, 6) is 0.550. The lowest BCUT2D eigenvalue weighted by atomic mass is 9.85. The van der Waals surface area contributed by atoms with Gasteiger partial charge in [-0.25, -0.2) is 0 Å². The second-order valence-corrected chi connectivity index (χ2v) is 14.6. The molecule has 7 rings (SSSR count). The molecule has 246 valence electrons. The lowest BCUT2D eigenvalue weighted by Gasteiger charge is -2.18. The fourth-order valence-corrected chi connectivity index (χ4v) is 8.59. The van der Waals surface area contributed by atoms with E-state index >= 15 is 0 Å². The van der Waals surface area contributed by atoms with Crippen LogP contribution in [-0.4, -0.2) is 0 Å². The maximum Gasteiger partial charge on any atom is 0.0352 e. The molecule has 0 saturated carbocycles. The van der Waals surface area contributed by atoms with Crippen LogP contribution in [0.2, 0.25) is 0 Å². The molecule has 0 saturated heterocycles. The molecular weight excluding hydrogens is 577 g/mol. The topological polar surface area (TPSA) is 0 Å². The van der Waals surface area contributed by atoms with Gasteiger partial charge in [-0.05, 0) is 105 Å². The van der Waals surface area contributed by atoms with Crippen LogP contribution in [0, 0.1) is 0 Å². The molecule has 0 nitrogen and oxygen atoms in total. The average molecular weight is 631 g/mol. The zero-order valence-corrected chi connectivity index (χ0v) is 29.4. The Morgan fingerprint density at radius 3 is 1.15 bits per heavy atom. The second-order valence-electron chi connectivity index (χ2n) is 14.6. The number of rotatable bonds is 16. The number of aryl methyl sites for hydroxylation is 2. The summed E-state index contributed by atoms with van der Waals surface area (Å²) < 4.78 is 0. The first-order valence-electron chi connectivity index (χ1n) is 19.3. The van der Waals surface area contributed by atoms with Gasteiger partial charge < -0.3 is 0 Å². The summed E-state index contributed by atoms with van der Waals surface area (Å²) in [5, 5.41) is 0. The van der Waals surface area contributed by atoms with Crippen molar-refractivity contribution < 1.29 is 0 Å². The van der Waals surface area contributed by atoms with E-state index in [4.69, 9.17) is 0 Å². The summed E-state index contributed by atoms with van der Waals surface area (Å²) >= 11 is 0. The molecule has 0 heterocycles. The molecule has 2 aliphatic carbocycles. The van der Waals surface area contributed by atoms with Gasteiger partial charge in [-0.3, -0.25) is 0 Å². The SMILES string of the molecule is CCCCCCCCc1ccc(C2c3ccccc3-c3cc4c(cc32)-c2ccccc2C4c2ccc(CCCCCCCC)cc2)cc1. The summed E-state index contributed by atoms with van der Waals surface area (Å²) in [6, 6.07) is 42.7. The molecule has 0 radical (unpaired) electrons. The number of hydrogen-bond acceptors (Lipinski definition) is 0. The zero-order chi connectivity index (χ0) is 32.7. The third-order valence-electron chi connectivity index (χ3n) is 11.2. The van der Waals surface area contributed by atoms with Crippen molar-refractivity contribution in [3.63, 3.8) is 0 Å². The van der Waals surface area contributed by atoms with Crippen LogP contribution in [0.5, 0.6) is 0 Å². The average Bonchev–Trinajstić information content (AvgIpc) is 3.63. The van der Waals surface area contributed by atoms with E-state index in [0.29, 0.717) is 0 Å². The smallest absolute Gasteiger partial charge is 0.0352 e. The molecule has 48 heavy (non-hydrogen) atoms. The van der Waals surface area contributed by atoms with Crippen LogP contribution in [0.4, 0.5) is 0 Å². The Morgan fingerprint density at radius 2 is 0.729 bits per heavy atom. The van der Waals surface area contributed by atoms with Crippen molar-refractivity contribution in [1.29, 1.82) is 0 Å². The highest BCUT2D eigenvalue weighted by Crippen LogP contribution is 2.55. The monoisotopic (exact) mass is 630 g/mol. The third kappa shape index (κ3) is 6.82. The highest BCUT2D eigenvalue weighted by molar-refractivity contribution is 5.89. The Bertz CT molecular complexity index is 1650. The van der Waals surface area contributed by atoms with Crippen LogP contribution in [0.3, 0.4) is 0 Å². The van der Waals surface area contributed by atoms with Gasteiger partial charge in [-0.2, -0.15) is 0 Å². The lowest BCUT2D eigenvalue weighted by Crippen LogP contribution is -2.02. The molecule has 2 atom stereocenters. The normalized spacial score (nSPS) is 15.6. The first kappa shape index (κ1) is 32.6. The molecule has 0 N–H and O–H groups in total. The molecule has 0 aromatic heterocycles. The van der Waals surface area contributed by atoms with Gasteiger partial charge in [0.15, 0.2) is 0 Å². The molecular formula is C48H54. The van der Waals surface area contributed by atoms with Crippen molar-refractivity contribution in [1.82, 2.24) is 0 Å². The minimum absolute atomic E-state index is 0.275. The van der Waals surface area contributed by atoms with Crippen LogP contribution in [0.1, 0.15) is 147 Å². The van der Waals surface area contributed by atoms with Crippen LogP contribution in [-0.2, 0) is 12.8 Å². The highest BCUT2D eigenvalue weighted by atomic mass is 14.4. The molecule has 0 spiro atoms. The van der Waals surface area contributed by atoms with Crippen molar-refractivity contribution in [2.45, 2.75) is 116 Å². The molecule has 0 fully saturated rings. The summed E-state index contributed by atoms with van der Waals surface area (Å²) in [4.78, 5) is 0. The van der Waals surface area contributed by atoms with E-state index in [2.05, 4.69) is 123 Å². The van der Waals surface area contributed by atoms with E-state index in [0.717, 1.165) is 0 Å². The molecule has 5 aromatic carbocycles. The summed E-state index contributed by atoms with van der Waals surface area (Å²) in [5.41, 5.74) is 17.2. The molecule has 0 aliphatic heterocycles. The van der Waals surface area contributed by atoms with Crippen molar-refractivity contribution >= 4 is 0 Å². The standard InChI is InChI=1S/C48H54/c1-3-5-7-9-11-13-19-35-25-29-37(30-26-35)47-41-23-17-15-21-39(41)43-34-46-44(33-45(43)47)40-22-16-18-24-42(40)48(46)38-31-27-36(28-32-38)20-14-12-10-8-6-4-2/h15-18,21-34,47-48H,3-14,19-20H2,1-2H3. The van der Waals surface area contributed by atoms with Crippen LogP contribution in [0.25, 0.3) is 22.3 Å². The number of unbranched alkanes of at least 4 members (excludes halogenated alkanes) is 10. The van der Waals surface area contributed by atoms with E-state index in [1.165, 1.54) is 157 Å². The molecule has 0 amide bonds. The van der Waals surface area contributed by atoms with Crippen LogP contribution in [0.15, 0.2) is 109 Å².